The quantitative estimate of drug-likeness (QED) is 0.745. The lowest BCUT2D eigenvalue weighted by Gasteiger charge is -2.12. The summed E-state index contributed by atoms with van der Waals surface area (Å²) in [4.78, 5) is 11.3. The van der Waals surface area contributed by atoms with Crippen molar-refractivity contribution < 1.29 is 14.3 Å². The predicted molar refractivity (Wildman–Crippen MR) is 58.4 cm³/mol. The molecule has 0 aromatic heterocycles. The van der Waals surface area contributed by atoms with Crippen molar-refractivity contribution >= 4 is 5.78 Å². The molecule has 0 aliphatic heterocycles. The van der Waals surface area contributed by atoms with Crippen LogP contribution in [0.2, 0.25) is 0 Å². The molecule has 3 nitrogen and oxygen atoms in total. The van der Waals surface area contributed by atoms with Gasteiger partial charge in [-0.25, -0.2) is 0 Å². The van der Waals surface area contributed by atoms with Gasteiger partial charge in [-0.15, -0.1) is 0 Å². The number of carbonyl (C=O) groups is 1. The Labute approximate surface area is 90.0 Å². The molecular weight excluding hydrogens is 192 g/mol. The zero-order valence-electron chi connectivity index (χ0n) is 9.32. The van der Waals surface area contributed by atoms with Gasteiger partial charge in [-0.05, 0) is 31.2 Å². The SMILES string of the molecule is CCC(=O)C(C)Oc1ccc(OC)cc1. The second kappa shape index (κ2) is 5.39. The number of benzene rings is 1. The van der Waals surface area contributed by atoms with E-state index in [0.29, 0.717) is 12.2 Å². The molecule has 0 aliphatic carbocycles. The lowest BCUT2D eigenvalue weighted by molar-refractivity contribution is -0.124. The Bertz CT molecular complexity index is 316. The van der Waals surface area contributed by atoms with Crippen molar-refractivity contribution in [1.29, 1.82) is 0 Å². The molecule has 15 heavy (non-hydrogen) atoms. The second-order valence-electron chi connectivity index (χ2n) is 3.26. The van der Waals surface area contributed by atoms with Crippen LogP contribution in [-0.2, 0) is 4.79 Å². The first-order valence-corrected chi connectivity index (χ1v) is 5.00. The third-order valence-corrected chi connectivity index (χ3v) is 2.17. The number of hydrogen-bond donors (Lipinski definition) is 0. The van der Waals surface area contributed by atoms with Gasteiger partial charge in [0, 0.05) is 6.42 Å². The van der Waals surface area contributed by atoms with Crippen molar-refractivity contribution in [3.05, 3.63) is 24.3 Å². The summed E-state index contributed by atoms with van der Waals surface area (Å²) in [7, 11) is 1.61. The molecule has 0 radical (unpaired) electrons. The molecule has 3 heteroatoms. The van der Waals surface area contributed by atoms with Crippen LogP contribution in [0.1, 0.15) is 20.3 Å². The van der Waals surface area contributed by atoms with Crippen LogP contribution in [0.5, 0.6) is 11.5 Å². The van der Waals surface area contributed by atoms with E-state index in [1.807, 2.05) is 6.92 Å². The summed E-state index contributed by atoms with van der Waals surface area (Å²) in [6, 6.07) is 7.19. The maximum absolute atomic E-state index is 11.3. The van der Waals surface area contributed by atoms with Crippen molar-refractivity contribution in [3.63, 3.8) is 0 Å². The Morgan fingerprint density at radius 1 is 1.27 bits per heavy atom. The van der Waals surface area contributed by atoms with Gasteiger partial charge in [-0.3, -0.25) is 4.79 Å². The van der Waals surface area contributed by atoms with E-state index in [-0.39, 0.29) is 11.9 Å². The van der Waals surface area contributed by atoms with Crippen molar-refractivity contribution in [1.82, 2.24) is 0 Å². The summed E-state index contributed by atoms with van der Waals surface area (Å²) in [5.41, 5.74) is 0. The molecule has 0 saturated heterocycles. The third-order valence-electron chi connectivity index (χ3n) is 2.17. The summed E-state index contributed by atoms with van der Waals surface area (Å²) in [6.07, 6.45) is 0.112. The molecule has 0 saturated carbocycles. The van der Waals surface area contributed by atoms with Crippen LogP contribution in [0.4, 0.5) is 0 Å². The number of ketones is 1. The standard InChI is InChI=1S/C12H16O3/c1-4-12(13)9(2)15-11-7-5-10(14-3)6-8-11/h5-9H,4H2,1-3H3. The lowest BCUT2D eigenvalue weighted by Crippen LogP contribution is -2.22. The molecule has 0 aliphatic rings. The van der Waals surface area contributed by atoms with Crippen molar-refractivity contribution in [3.8, 4) is 11.5 Å². The minimum absolute atomic E-state index is 0.103. The molecule has 1 aromatic rings. The average Bonchev–Trinajstić information content (AvgIpc) is 2.29. The van der Waals surface area contributed by atoms with Crippen molar-refractivity contribution in [2.45, 2.75) is 26.4 Å². The molecule has 0 heterocycles. The van der Waals surface area contributed by atoms with Crippen LogP contribution in [0.25, 0.3) is 0 Å². The Hall–Kier alpha value is -1.51. The molecule has 1 unspecified atom stereocenters. The maximum atomic E-state index is 11.3. The van der Waals surface area contributed by atoms with Gasteiger partial charge in [-0.2, -0.15) is 0 Å². The smallest absolute Gasteiger partial charge is 0.172 e. The normalized spacial score (nSPS) is 11.9. The van der Waals surface area contributed by atoms with Gasteiger partial charge in [0.15, 0.2) is 11.9 Å². The van der Waals surface area contributed by atoms with E-state index in [9.17, 15) is 4.79 Å². The molecule has 0 amide bonds. The van der Waals surface area contributed by atoms with E-state index in [1.165, 1.54) is 0 Å². The Balaban J connectivity index is 2.60. The van der Waals surface area contributed by atoms with Crippen LogP contribution in [-0.4, -0.2) is 19.0 Å². The van der Waals surface area contributed by atoms with E-state index in [4.69, 9.17) is 9.47 Å². The average molecular weight is 208 g/mol. The number of ether oxygens (including phenoxy) is 2. The first-order chi connectivity index (χ1) is 7.17. The largest absolute Gasteiger partial charge is 0.497 e. The van der Waals surface area contributed by atoms with Crippen LogP contribution in [0, 0.1) is 0 Å². The van der Waals surface area contributed by atoms with Crippen LogP contribution >= 0.6 is 0 Å². The van der Waals surface area contributed by atoms with Gasteiger partial charge < -0.3 is 9.47 Å². The van der Waals surface area contributed by atoms with E-state index in [2.05, 4.69) is 0 Å². The van der Waals surface area contributed by atoms with E-state index < -0.39 is 0 Å². The van der Waals surface area contributed by atoms with E-state index in [0.717, 1.165) is 5.75 Å². The highest BCUT2D eigenvalue weighted by Gasteiger charge is 2.11. The molecule has 82 valence electrons. The molecule has 0 fully saturated rings. The highest BCUT2D eigenvalue weighted by atomic mass is 16.5. The maximum Gasteiger partial charge on any atom is 0.172 e. The van der Waals surface area contributed by atoms with Gasteiger partial charge in [0.2, 0.25) is 0 Å². The zero-order chi connectivity index (χ0) is 11.3. The minimum atomic E-state index is -0.386. The van der Waals surface area contributed by atoms with Crippen LogP contribution in [0.15, 0.2) is 24.3 Å². The summed E-state index contributed by atoms with van der Waals surface area (Å²) in [6.45, 7) is 3.59. The number of Topliss-reactive ketones (excluding diaryl/α,β-unsaturated/α-hetero) is 1. The monoisotopic (exact) mass is 208 g/mol. The van der Waals surface area contributed by atoms with E-state index >= 15 is 0 Å². The Morgan fingerprint density at radius 2 is 1.80 bits per heavy atom. The fourth-order valence-electron chi connectivity index (χ4n) is 1.21. The van der Waals surface area contributed by atoms with Gasteiger partial charge in [0.05, 0.1) is 7.11 Å². The number of carbonyl (C=O) groups excluding carboxylic acids is 1. The third kappa shape index (κ3) is 3.27. The molecule has 1 rings (SSSR count). The topological polar surface area (TPSA) is 35.5 Å². The highest BCUT2D eigenvalue weighted by molar-refractivity contribution is 5.82. The van der Waals surface area contributed by atoms with Crippen LogP contribution in [0.3, 0.4) is 0 Å². The molecule has 1 aromatic carbocycles. The predicted octanol–water partition coefficient (Wildman–Crippen LogP) is 2.44. The van der Waals surface area contributed by atoms with Crippen molar-refractivity contribution in [2.24, 2.45) is 0 Å². The number of methoxy groups -OCH3 is 1. The van der Waals surface area contributed by atoms with Gasteiger partial charge >= 0.3 is 0 Å². The lowest BCUT2D eigenvalue weighted by atomic mass is 10.2. The fourth-order valence-corrected chi connectivity index (χ4v) is 1.21. The highest BCUT2D eigenvalue weighted by Crippen LogP contribution is 2.18. The van der Waals surface area contributed by atoms with E-state index in [1.54, 1.807) is 38.3 Å². The summed E-state index contributed by atoms with van der Waals surface area (Å²) < 4.78 is 10.5. The molecule has 0 N–H and O–H groups in total. The van der Waals surface area contributed by atoms with Gasteiger partial charge in [-0.1, -0.05) is 6.92 Å². The summed E-state index contributed by atoms with van der Waals surface area (Å²) in [5, 5.41) is 0. The van der Waals surface area contributed by atoms with Crippen molar-refractivity contribution in [2.75, 3.05) is 7.11 Å². The zero-order valence-corrected chi connectivity index (χ0v) is 9.32. The first kappa shape index (κ1) is 11.6. The number of hydrogen-bond acceptors (Lipinski definition) is 3. The minimum Gasteiger partial charge on any atom is -0.497 e. The second-order valence-corrected chi connectivity index (χ2v) is 3.26. The molecule has 0 bridgehead atoms. The van der Waals surface area contributed by atoms with Crippen LogP contribution < -0.4 is 9.47 Å². The van der Waals surface area contributed by atoms with Gasteiger partial charge in [0.1, 0.15) is 11.5 Å². The number of rotatable bonds is 5. The summed E-state index contributed by atoms with van der Waals surface area (Å²) in [5.74, 6) is 1.56. The Morgan fingerprint density at radius 3 is 2.27 bits per heavy atom. The molecule has 0 spiro atoms. The molecule has 1 atom stereocenters. The fraction of sp³-hybridized carbons (Fsp3) is 0.417. The summed E-state index contributed by atoms with van der Waals surface area (Å²) >= 11 is 0. The first-order valence-electron chi connectivity index (χ1n) is 5.00. The van der Waals surface area contributed by atoms with Gasteiger partial charge in [0.25, 0.3) is 0 Å². The molecular formula is C12H16O3. The Kier molecular flexibility index (Phi) is 4.16.